The van der Waals surface area contributed by atoms with Crippen molar-refractivity contribution in [2.45, 2.75) is 6.92 Å². The summed E-state index contributed by atoms with van der Waals surface area (Å²) < 4.78 is 1.56. The number of aromatic nitrogens is 3. The quantitative estimate of drug-likeness (QED) is 0.791. The van der Waals surface area contributed by atoms with Gasteiger partial charge in [-0.1, -0.05) is 17.7 Å². The van der Waals surface area contributed by atoms with Crippen molar-refractivity contribution in [3.8, 4) is 5.69 Å². The van der Waals surface area contributed by atoms with Gasteiger partial charge in [0.1, 0.15) is 0 Å². The maximum absolute atomic E-state index is 12.0. The number of benzene rings is 1. The predicted octanol–water partition coefficient (Wildman–Crippen LogP) is 2.74. The molecule has 1 amide bonds. The van der Waals surface area contributed by atoms with Crippen LogP contribution in [0, 0.1) is 6.92 Å². The SMILES string of the molecule is CNC(=O)c1c(Cl)c(C)nn1-c1ccc2ccncc2c1. The molecule has 2 heterocycles. The molecule has 0 aliphatic heterocycles. The van der Waals surface area contributed by atoms with E-state index < -0.39 is 0 Å². The molecule has 0 spiro atoms. The van der Waals surface area contributed by atoms with Gasteiger partial charge in [-0.3, -0.25) is 9.78 Å². The molecule has 0 fully saturated rings. The van der Waals surface area contributed by atoms with Crippen molar-refractivity contribution in [3.05, 3.63) is 53.1 Å². The number of pyridine rings is 1. The van der Waals surface area contributed by atoms with E-state index in [1.165, 1.54) is 0 Å². The number of nitrogens with zero attached hydrogens (tertiary/aromatic N) is 3. The Hall–Kier alpha value is -2.40. The number of carbonyl (C=O) groups is 1. The number of fused-ring (bicyclic) bond motifs is 1. The first-order chi connectivity index (χ1) is 10.1. The first-order valence-corrected chi connectivity index (χ1v) is 6.81. The van der Waals surface area contributed by atoms with E-state index in [-0.39, 0.29) is 5.91 Å². The molecular weight excluding hydrogens is 288 g/mol. The first kappa shape index (κ1) is 13.6. The maximum Gasteiger partial charge on any atom is 0.271 e. The fraction of sp³-hybridized carbons (Fsp3) is 0.133. The van der Waals surface area contributed by atoms with Crippen molar-refractivity contribution in [2.24, 2.45) is 0 Å². The number of halogens is 1. The molecule has 0 atom stereocenters. The molecule has 5 nitrogen and oxygen atoms in total. The normalized spacial score (nSPS) is 10.8. The van der Waals surface area contributed by atoms with Crippen molar-refractivity contribution in [3.63, 3.8) is 0 Å². The van der Waals surface area contributed by atoms with E-state index in [1.54, 1.807) is 31.0 Å². The highest BCUT2D eigenvalue weighted by Crippen LogP contribution is 2.25. The standard InChI is InChI=1S/C15H13ClN4O/c1-9-13(16)14(15(21)17-2)20(19-9)12-4-3-10-5-6-18-8-11(10)7-12/h3-8H,1-2H3,(H,17,21). The van der Waals surface area contributed by atoms with E-state index >= 15 is 0 Å². The van der Waals surface area contributed by atoms with E-state index in [4.69, 9.17) is 11.6 Å². The molecule has 0 radical (unpaired) electrons. The van der Waals surface area contributed by atoms with Gasteiger partial charge in [-0.15, -0.1) is 0 Å². The molecule has 0 aliphatic carbocycles. The average Bonchev–Trinajstić information content (AvgIpc) is 2.82. The van der Waals surface area contributed by atoms with Crippen molar-refractivity contribution >= 4 is 28.3 Å². The molecule has 0 bridgehead atoms. The Morgan fingerprint density at radius 3 is 2.86 bits per heavy atom. The summed E-state index contributed by atoms with van der Waals surface area (Å²) in [6, 6.07) is 7.72. The maximum atomic E-state index is 12.0. The Morgan fingerprint density at radius 2 is 2.10 bits per heavy atom. The summed E-state index contributed by atoms with van der Waals surface area (Å²) in [4.78, 5) is 16.1. The monoisotopic (exact) mass is 300 g/mol. The van der Waals surface area contributed by atoms with E-state index in [9.17, 15) is 4.79 Å². The second-order valence-electron chi connectivity index (χ2n) is 4.65. The summed E-state index contributed by atoms with van der Waals surface area (Å²) in [6.07, 6.45) is 3.52. The van der Waals surface area contributed by atoms with Crippen molar-refractivity contribution in [1.29, 1.82) is 0 Å². The van der Waals surface area contributed by atoms with Gasteiger partial charge in [-0.2, -0.15) is 5.10 Å². The number of nitrogens with one attached hydrogen (secondary N) is 1. The largest absolute Gasteiger partial charge is 0.354 e. The molecule has 3 aromatic rings. The summed E-state index contributed by atoms with van der Waals surface area (Å²) in [5, 5.41) is 9.36. The fourth-order valence-electron chi connectivity index (χ4n) is 2.21. The second-order valence-corrected chi connectivity index (χ2v) is 5.02. The van der Waals surface area contributed by atoms with Crippen molar-refractivity contribution < 1.29 is 4.79 Å². The van der Waals surface area contributed by atoms with Gasteiger partial charge in [0, 0.05) is 24.8 Å². The van der Waals surface area contributed by atoms with Gasteiger partial charge in [0.25, 0.3) is 5.91 Å². The van der Waals surface area contributed by atoms with Crippen LogP contribution < -0.4 is 5.32 Å². The van der Waals surface area contributed by atoms with Gasteiger partial charge in [0.15, 0.2) is 5.69 Å². The predicted molar refractivity (Wildman–Crippen MR) is 82.0 cm³/mol. The molecule has 106 valence electrons. The lowest BCUT2D eigenvalue weighted by Crippen LogP contribution is -2.22. The molecule has 6 heteroatoms. The summed E-state index contributed by atoms with van der Waals surface area (Å²) in [5.74, 6) is -0.271. The molecule has 1 N–H and O–H groups in total. The van der Waals surface area contributed by atoms with E-state index in [0.717, 1.165) is 16.5 Å². The number of amides is 1. The third kappa shape index (κ3) is 2.25. The molecule has 2 aromatic heterocycles. The van der Waals surface area contributed by atoms with Gasteiger partial charge in [-0.25, -0.2) is 4.68 Å². The molecule has 0 saturated carbocycles. The molecule has 21 heavy (non-hydrogen) atoms. The van der Waals surface area contributed by atoms with Crippen LogP contribution in [0.15, 0.2) is 36.7 Å². The number of hydrogen-bond donors (Lipinski definition) is 1. The Bertz CT molecular complexity index is 841. The van der Waals surface area contributed by atoms with Gasteiger partial charge < -0.3 is 5.32 Å². The second kappa shape index (κ2) is 5.18. The lowest BCUT2D eigenvalue weighted by Gasteiger charge is -2.08. The average molecular weight is 301 g/mol. The number of rotatable bonds is 2. The summed E-state index contributed by atoms with van der Waals surface area (Å²) in [7, 11) is 1.57. The van der Waals surface area contributed by atoms with E-state index in [0.29, 0.717) is 16.4 Å². The third-order valence-corrected chi connectivity index (χ3v) is 3.75. The van der Waals surface area contributed by atoms with Crippen LogP contribution in [0.25, 0.3) is 16.5 Å². The highest BCUT2D eigenvalue weighted by Gasteiger charge is 2.20. The summed E-state index contributed by atoms with van der Waals surface area (Å²) >= 11 is 6.20. The Labute approximate surface area is 126 Å². The molecular formula is C15H13ClN4O. The Balaban J connectivity index is 2.22. The van der Waals surface area contributed by atoms with Crippen LogP contribution in [0.2, 0.25) is 5.02 Å². The van der Waals surface area contributed by atoms with Crippen molar-refractivity contribution in [1.82, 2.24) is 20.1 Å². The Kier molecular flexibility index (Phi) is 3.35. The lowest BCUT2D eigenvalue weighted by atomic mass is 10.1. The fourth-order valence-corrected chi connectivity index (χ4v) is 2.42. The summed E-state index contributed by atoms with van der Waals surface area (Å²) in [6.45, 7) is 1.77. The minimum atomic E-state index is -0.271. The van der Waals surface area contributed by atoms with E-state index in [1.807, 2.05) is 24.3 Å². The minimum Gasteiger partial charge on any atom is -0.354 e. The smallest absolute Gasteiger partial charge is 0.271 e. The highest BCUT2D eigenvalue weighted by molar-refractivity contribution is 6.34. The van der Waals surface area contributed by atoms with Gasteiger partial charge in [0.05, 0.1) is 16.4 Å². The van der Waals surface area contributed by atoms with Gasteiger partial charge >= 0.3 is 0 Å². The van der Waals surface area contributed by atoms with Crippen LogP contribution in [0.4, 0.5) is 0 Å². The third-order valence-electron chi connectivity index (χ3n) is 3.30. The molecule has 0 unspecified atom stereocenters. The van der Waals surface area contributed by atoms with Gasteiger partial charge in [0.2, 0.25) is 0 Å². The van der Waals surface area contributed by atoms with Crippen LogP contribution >= 0.6 is 11.6 Å². The topological polar surface area (TPSA) is 59.8 Å². The van der Waals surface area contributed by atoms with Crippen LogP contribution in [0.1, 0.15) is 16.2 Å². The first-order valence-electron chi connectivity index (χ1n) is 6.43. The number of hydrogen-bond acceptors (Lipinski definition) is 3. The zero-order valence-corrected chi connectivity index (χ0v) is 12.3. The molecule has 0 aliphatic rings. The zero-order valence-electron chi connectivity index (χ0n) is 11.6. The van der Waals surface area contributed by atoms with Crippen molar-refractivity contribution in [2.75, 3.05) is 7.05 Å². The van der Waals surface area contributed by atoms with Crippen LogP contribution in [-0.2, 0) is 0 Å². The van der Waals surface area contributed by atoms with Gasteiger partial charge in [-0.05, 0) is 30.5 Å². The Morgan fingerprint density at radius 1 is 1.29 bits per heavy atom. The number of carbonyl (C=O) groups excluding carboxylic acids is 1. The van der Waals surface area contributed by atoms with Crippen LogP contribution in [-0.4, -0.2) is 27.7 Å². The molecule has 3 rings (SSSR count). The van der Waals surface area contributed by atoms with Crippen LogP contribution in [0.5, 0.6) is 0 Å². The summed E-state index contributed by atoms with van der Waals surface area (Å²) in [5.41, 5.74) is 1.71. The minimum absolute atomic E-state index is 0.271. The molecule has 1 aromatic carbocycles. The van der Waals surface area contributed by atoms with E-state index in [2.05, 4.69) is 15.4 Å². The lowest BCUT2D eigenvalue weighted by molar-refractivity contribution is 0.0955. The number of aryl methyl sites for hydroxylation is 1. The molecule has 0 saturated heterocycles. The zero-order chi connectivity index (χ0) is 15.0. The van der Waals surface area contributed by atoms with Crippen LogP contribution in [0.3, 0.4) is 0 Å². The highest BCUT2D eigenvalue weighted by atomic mass is 35.5.